The van der Waals surface area contributed by atoms with Gasteiger partial charge in [0.1, 0.15) is 13.2 Å². The van der Waals surface area contributed by atoms with E-state index in [1.165, 1.54) is 4.90 Å². The molecule has 4 heteroatoms. The number of ether oxygens (including phenoxy) is 1. The Bertz CT molecular complexity index is 161. The molecule has 1 saturated heterocycles. The molecule has 9 heavy (non-hydrogen) atoms. The zero-order valence-electron chi connectivity index (χ0n) is 4.83. The van der Waals surface area contributed by atoms with Crippen LogP contribution in [0.2, 0.25) is 0 Å². The van der Waals surface area contributed by atoms with Gasteiger partial charge in [-0.3, -0.25) is 4.90 Å². The number of cyclic esters (lactones) is 1. The minimum absolute atomic E-state index is 0.138. The molecule has 0 aliphatic carbocycles. The fourth-order valence-corrected chi connectivity index (χ4v) is 0.655. The van der Waals surface area contributed by atoms with Crippen LogP contribution in [0.4, 0.5) is 4.79 Å². The minimum Gasteiger partial charge on any atom is -0.448 e. The van der Waals surface area contributed by atoms with Crippen molar-refractivity contribution in [1.29, 1.82) is 5.26 Å². The predicted molar refractivity (Wildman–Crippen MR) is 28.5 cm³/mol. The Kier molecular flexibility index (Phi) is 1.54. The molecule has 1 fully saturated rings. The Labute approximate surface area is 52.6 Å². The van der Waals surface area contributed by atoms with Crippen LogP contribution in [0.3, 0.4) is 0 Å². The molecule has 0 aromatic carbocycles. The van der Waals surface area contributed by atoms with Crippen molar-refractivity contribution in [2.75, 3.05) is 19.7 Å². The molecule has 0 aromatic heterocycles. The summed E-state index contributed by atoms with van der Waals surface area (Å²) >= 11 is 0. The Hall–Kier alpha value is -1.24. The molecule has 1 amide bonds. The first-order valence-corrected chi connectivity index (χ1v) is 2.63. The van der Waals surface area contributed by atoms with E-state index in [4.69, 9.17) is 5.26 Å². The highest BCUT2D eigenvalue weighted by Crippen LogP contribution is 2.00. The first-order valence-electron chi connectivity index (χ1n) is 2.63. The van der Waals surface area contributed by atoms with Crippen molar-refractivity contribution in [3.63, 3.8) is 0 Å². The number of amides is 1. The normalized spacial score (nSPS) is 17.2. The lowest BCUT2D eigenvalue weighted by Crippen LogP contribution is -2.24. The lowest BCUT2D eigenvalue weighted by Gasteiger charge is -2.04. The molecule has 0 atom stereocenters. The van der Waals surface area contributed by atoms with Crippen molar-refractivity contribution in [3.05, 3.63) is 0 Å². The highest BCUT2D eigenvalue weighted by Gasteiger charge is 2.20. The Morgan fingerprint density at radius 2 is 2.67 bits per heavy atom. The number of hydrogen-bond donors (Lipinski definition) is 0. The van der Waals surface area contributed by atoms with E-state index in [1.807, 2.05) is 6.07 Å². The monoisotopic (exact) mass is 126 g/mol. The van der Waals surface area contributed by atoms with E-state index in [9.17, 15) is 4.79 Å². The van der Waals surface area contributed by atoms with Gasteiger partial charge in [0.25, 0.3) is 0 Å². The standard InChI is InChI=1S/C5H6N2O2/c6-1-2-7-3-4-9-5(7)8/h2-4H2. The second-order valence-electron chi connectivity index (χ2n) is 1.69. The maximum Gasteiger partial charge on any atom is 0.410 e. The summed E-state index contributed by atoms with van der Waals surface area (Å²) < 4.78 is 4.55. The van der Waals surface area contributed by atoms with Crippen LogP contribution in [0, 0.1) is 11.3 Å². The molecule has 1 aliphatic heterocycles. The maximum absolute atomic E-state index is 10.5. The van der Waals surface area contributed by atoms with Gasteiger partial charge in [0.05, 0.1) is 12.6 Å². The second-order valence-corrected chi connectivity index (χ2v) is 1.69. The zero-order valence-corrected chi connectivity index (χ0v) is 4.83. The van der Waals surface area contributed by atoms with Gasteiger partial charge in [-0.05, 0) is 0 Å². The summed E-state index contributed by atoms with van der Waals surface area (Å²) in [5, 5.41) is 8.14. The van der Waals surface area contributed by atoms with E-state index in [0.717, 1.165) is 0 Å². The molecule has 1 aliphatic rings. The number of nitriles is 1. The van der Waals surface area contributed by atoms with Gasteiger partial charge in [-0.2, -0.15) is 5.26 Å². The fraction of sp³-hybridized carbons (Fsp3) is 0.600. The predicted octanol–water partition coefficient (Wildman–Crippen LogP) is -0.0378. The molecule has 0 saturated carbocycles. The first kappa shape index (κ1) is 5.89. The van der Waals surface area contributed by atoms with E-state index >= 15 is 0 Å². The number of carbonyl (C=O) groups is 1. The van der Waals surface area contributed by atoms with Gasteiger partial charge < -0.3 is 4.74 Å². The molecule has 0 bridgehead atoms. The van der Waals surface area contributed by atoms with Crippen LogP contribution >= 0.6 is 0 Å². The zero-order chi connectivity index (χ0) is 6.69. The van der Waals surface area contributed by atoms with E-state index in [-0.39, 0.29) is 12.6 Å². The van der Waals surface area contributed by atoms with Crippen LogP contribution in [-0.2, 0) is 4.74 Å². The van der Waals surface area contributed by atoms with Gasteiger partial charge in [-0.25, -0.2) is 4.79 Å². The third-order valence-electron chi connectivity index (χ3n) is 1.11. The molecular formula is C5H6N2O2. The molecule has 4 nitrogen and oxygen atoms in total. The van der Waals surface area contributed by atoms with Gasteiger partial charge in [-0.1, -0.05) is 0 Å². The van der Waals surface area contributed by atoms with Gasteiger partial charge in [0.15, 0.2) is 0 Å². The number of nitrogens with zero attached hydrogens (tertiary/aromatic N) is 2. The smallest absolute Gasteiger partial charge is 0.410 e. The van der Waals surface area contributed by atoms with Gasteiger partial charge in [0.2, 0.25) is 0 Å². The molecule has 0 N–H and O–H groups in total. The average Bonchev–Trinajstić information content (AvgIpc) is 2.18. The summed E-state index contributed by atoms with van der Waals surface area (Å²) in [6, 6.07) is 1.87. The third kappa shape index (κ3) is 1.11. The van der Waals surface area contributed by atoms with Crippen LogP contribution in [0.5, 0.6) is 0 Å². The summed E-state index contributed by atoms with van der Waals surface area (Å²) in [5.41, 5.74) is 0. The average molecular weight is 126 g/mol. The molecule has 1 heterocycles. The van der Waals surface area contributed by atoms with Gasteiger partial charge in [0, 0.05) is 0 Å². The van der Waals surface area contributed by atoms with Crippen molar-refractivity contribution in [2.45, 2.75) is 0 Å². The fourth-order valence-electron chi connectivity index (χ4n) is 0.655. The Balaban J connectivity index is 2.42. The Morgan fingerprint density at radius 3 is 3.11 bits per heavy atom. The van der Waals surface area contributed by atoms with Crippen molar-refractivity contribution < 1.29 is 9.53 Å². The van der Waals surface area contributed by atoms with E-state index < -0.39 is 0 Å². The maximum atomic E-state index is 10.5. The van der Waals surface area contributed by atoms with Crippen LogP contribution in [0.15, 0.2) is 0 Å². The quantitative estimate of drug-likeness (QED) is 0.463. The lowest BCUT2D eigenvalue weighted by molar-refractivity contribution is 0.161. The van der Waals surface area contributed by atoms with Crippen molar-refractivity contribution in [3.8, 4) is 6.07 Å². The van der Waals surface area contributed by atoms with Crippen molar-refractivity contribution >= 4 is 6.09 Å². The van der Waals surface area contributed by atoms with Gasteiger partial charge >= 0.3 is 6.09 Å². The topological polar surface area (TPSA) is 53.3 Å². The van der Waals surface area contributed by atoms with Gasteiger partial charge in [-0.15, -0.1) is 0 Å². The number of carbonyl (C=O) groups excluding carboxylic acids is 1. The Morgan fingerprint density at radius 1 is 1.89 bits per heavy atom. The number of rotatable bonds is 1. The second kappa shape index (κ2) is 2.35. The first-order chi connectivity index (χ1) is 4.34. The van der Waals surface area contributed by atoms with Crippen LogP contribution in [-0.4, -0.2) is 30.7 Å². The molecule has 1 rings (SSSR count). The minimum atomic E-state index is -0.378. The van der Waals surface area contributed by atoms with Crippen molar-refractivity contribution in [1.82, 2.24) is 4.90 Å². The SMILES string of the molecule is N#CCN1CCOC1=O. The molecule has 48 valence electrons. The highest BCUT2D eigenvalue weighted by atomic mass is 16.6. The lowest BCUT2D eigenvalue weighted by atomic mass is 10.6. The summed E-state index contributed by atoms with van der Waals surface area (Å²) in [4.78, 5) is 11.9. The summed E-state index contributed by atoms with van der Waals surface area (Å²) in [6.07, 6.45) is -0.378. The van der Waals surface area contributed by atoms with Crippen LogP contribution < -0.4 is 0 Å². The molecule has 0 spiro atoms. The van der Waals surface area contributed by atoms with E-state index in [2.05, 4.69) is 4.74 Å². The summed E-state index contributed by atoms with van der Waals surface area (Å²) in [7, 11) is 0. The molecule has 0 unspecified atom stereocenters. The summed E-state index contributed by atoms with van der Waals surface area (Å²) in [5.74, 6) is 0. The number of hydrogen-bond acceptors (Lipinski definition) is 3. The van der Waals surface area contributed by atoms with E-state index in [0.29, 0.717) is 13.2 Å². The van der Waals surface area contributed by atoms with Crippen LogP contribution in [0.25, 0.3) is 0 Å². The summed E-state index contributed by atoms with van der Waals surface area (Å²) in [6.45, 7) is 1.10. The molecule has 0 radical (unpaired) electrons. The molecular weight excluding hydrogens is 120 g/mol. The third-order valence-corrected chi connectivity index (χ3v) is 1.11. The largest absolute Gasteiger partial charge is 0.448 e. The molecule has 0 aromatic rings. The van der Waals surface area contributed by atoms with Crippen LogP contribution in [0.1, 0.15) is 0 Å². The van der Waals surface area contributed by atoms with Crippen molar-refractivity contribution in [2.24, 2.45) is 0 Å². The van der Waals surface area contributed by atoms with E-state index in [1.54, 1.807) is 0 Å². The highest BCUT2D eigenvalue weighted by molar-refractivity contribution is 5.69.